The molecule has 1 saturated carbocycles. The number of hydrogen-bond donors (Lipinski definition) is 2. The fraction of sp³-hybridized carbons (Fsp3) is 0.238. The molecule has 0 spiro atoms. The summed E-state index contributed by atoms with van der Waals surface area (Å²) in [5, 5.41) is 34.5. The van der Waals surface area contributed by atoms with Crippen LogP contribution in [0.5, 0.6) is 0 Å². The zero-order chi connectivity index (χ0) is 20.7. The van der Waals surface area contributed by atoms with Crippen molar-refractivity contribution >= 4 is 33.4 Å². The van der Waals surface area contributed by atoms with Gasteiger partial charge in [0.25, 0.3) is 0 Å². The fourth-order valence-corrected chi connectivity index (χ4v) is 4.83. The second kappa shape index (κ2) is 7.08. The highest BCUT2D eigenvalue weighted by molar-refractivity contribution is 7.17. The lowest BCUT2D eigenvalue weighted by Gasteiger charge is -2.29. The minimum absolute atomic E-state index is 0.00420. The monoisotopic (exact) mass is 405 g/mol. The van der Waals surface area contributed by atoms with E-state index in [4.69, 9.17) is 4.74 Å². The molecule has 1 fully saturated rings. The standard InChI is InChI=1S/C21H15N3O4S/c1-28-21(27)16-14(8-23)24-18(10-5-6-10)17(20(25)26)15(16)13-9-29-19-11(7-22)3-2-4-12(13)19/h2-4,9-10,15,24H,5-6H2,1H3,(H,25,26). The van der Waals surface area contributed by atoms with E-state index >= 15 is 0 Å². The molecule has 4 rings (SSSR count). The van der Waals surface area contributed by atoms with E-state index in [0.717, 1.165) is 12.8 Å². The van der Waals surface area contributed by atoms with Gasteiger partial charge in [0.1, 0.15) is 17.8 Å². The van der Waals surface area contributed by atoms with Crippen LogP contribution >= 0.6 is 11.3 Å². The molecule has 7 nitrogen and oxygen atoms in total. The number of nitrogens with one attached hydrogen (secondary N) is 1. The second-order valence-corrected chi connectivity index (χ2v) is 7.72. The van der Waals surface area contributed by atoms with Gasteiger partial charge >= 0.3 is 11.9 Å². The maximum atomic E-state index is 12.6. The van der Waals surface area contributed by atoms with Crippen LogP contribution in [0.3, 0.4) is 0 Å². The third kappa shape index (κ3) is 2.95. The first-order valence-corrected chi connectivity index (χ1v) is 9.76. The first-order chi connectivity index (χ1) is 14.0. The lowest BCUT2D eigenvalue weighted by molar-refractivity contribution is -0.136. The van der Waals surface area contributed by atoms with Crippen molar-refractivity contribution in [3.63, 3.8) is 0 Å². The number of thiophene rings is 1. The number of dihydropyridines is 1. The molecule has 29 heavy (non-hydrogen) atoms. The van der Waals surface area contributed by atoms with Crippen LogP contribution in [0.2, 0.25) is 0 Å². The summed E-state index contributed by atoms with van der Waals surface area (Å²) in [4.78, 5) is 24.9. The molecule has 1 atom stereocenters. The largest absolute Gasteiger partial charge is 0.478 e. The van der Waals surface area contributed by atoms with Gasteiger partial charge in [0.2, 0.25) is 0 Å². The van der Waals surface area contributed by atoms with E-state index in [0.29, 0.717) is 26.9 Å². The number of methoxy groups -OCH3 is 1. The summed E-state index contributed by atoms with van der Waals surface area (Å²) in [6.45, 7) is 0. The maximum Gasteiger partial charge on any atom is 0.337 e. The quantitative estimate of drug-likeness (QED) is 0.749. The van der Waals surface area contributed by atoms with Gasteiger partial charge in [-0.2, -0.15) is 10.5 Å². The number of carboxylic acid groups (broad SMARTS) is 1. The van der Waals surface area contributed by atoms with Gasteiger partial charge in [-0.15, -0.1) is 11.3 Å². The van der Waals surface area contributed by atoms with E-state index < -0.39 is 17.9 Å². The topological polar surface area (TPSA) is 123 Å². The van der Waals surface area contributed by atoms with Gasteiger partial charge in [-0.3, -0.25) is 0 Å². The maximum absolute atomic E-state index is 12.6. The van der Waals surface area contributed by atoms with Crippen LogP contribution in [0.25, 0.3) is 10.1 Å². The molecule has 2 N–H and O–H groups in total. The average Bonchev–Trinajstić information content (AvgIpc) is 3.49. The summed E-state index contributed by atoms with van der Waals surface area (Å²) in [5.74, 6) is -2.86. The summed E-state index contributed by atoms with van der Waals surface area (Å²) >= 11 is 1.31. The molecule has 2 heterocycles. The van der Waals surface area contributed by atoms with Crippen molar-refractivity contribution in [2.45, 2.75) is 18.8 Å². The Bertz CT molecular complexity index is 1200. The fourth-order valence-electron chi connectivity index (χ4n) is 3.76. The van der Waals surface area contributed by atoms with Crippen LogP contribution in [-0.4, -0.2) is 24.2 Å². The molecule has 2 aliphatic rings. The van der Waals surface area contributed by atoms with E-state index in [2.05, 4.69) is 11.4 Å². The Kier molecular flexibility index (Phi) is 4.57. The smallest absolute Gasteiger partial charge is 0.337 e. The van der Waals surface area contributed by atoms with Crippen LogP contribution in [0.1, 0.15) is 29.9 Å². The third-order valence-electron chi connectivity index (χ3n) is 5.19. The lowest BCUT2D eigenvalue weighted by Crippen LogP contribution is -2.33. The SMILES string of the molecule is COC(=O)C1=C(C#N)NC(C2CC2)=C(C(=O)O)C1c1csc2c(C#N)cccc12. The Morgan fingerprint density at radius 1 is 1.24 bits per heavy atom. The van der Waals surface area contributed by atoms with Gasteiger partial charge in [-0.25, -0.2) is 9.59 Å². The Labute approximate surface area is 170 Å². The van der Waals surface area contributed by atoms with Gasteiger partial charge in [-0.05, 0) is 41.2 Å². The van der Waals surface area contributed by atoms with Crippen LogP contribution in [0.4, 0.5) is 0 Å². The van der Waals surface area contributed by atoms with Crippen molar-refractivity contribution in [3.8, 4) is 12.1 Å². The summed E-state index contributed by atoms with van der Waals surface area (Å²) in [6, 6.07) is 9.33. The van der Waals surface area contributed by atoms with Crippen molar-refractivity contribution in [3.05, 3.63) is 57.2 Å². The summed E-state index contributed by atoms with van der Waals surface area (Å²) in [5.41, 5.74) is 1.55. The highest BCUT2D eigenvalue weighted by atomic mass is 32.1. The summed E-state index contributed by atoms with van der Waals surface area (Å²) in [7, 11) is 1.20. The molecular weight excluding hydrogens is 390 g/mol. The number of ether oxygens (including phenoxy) is 1. The van der Waals surface area contributed by atoms with E-state index in [-0.39, 0.29) is 22.8 Å². The number of nitriles is 2. The molecule has 144 valence electrons. The number of benzene rings is 1. The number of nitrogens with zero attached hydrogens (tertiary/aromatic N) is 2. The van der Waals surface area contributed by atoms with Crippen molar-refractivity contribution in [1.29, 1.82) is 10.5 Å². The molecule has 8 heteroatoms. The van der Waals surface area contributed by atoms with Crippen LogP contribution in [-0.2, 0) is 14.3 Å². The van der Waals surface area contributed by atoms with Crippen molar-refractivity contribution in [2.75, 3.05) is 7.11 Å². The number of esters is 1. The lowest BCUT2D eigenvalue weighted by atomic mass is 9.79. The number of hydrogen-bond acceptors (Lipinski definition) is 7. The molecule has 0 saturated heterocycles. The minimum Gasteiger partial charge on any atom is -0.478 e. The molecule has 1 aromatic carbocycles. The Hall–Kier alpha value is -3.62. The molecule has 0 amide bonds. The molecule has 0 bridgehead atoms. The predicted molar refractivity (Wildman–Crippen MR) is 104 cm³/mol. The number of carbonyl (C=O) groups is 2. The van der Waals surface area contributed by atoms with Crippen LogP contribution in [0.15, 0.2) is 46.1 Å². The first-order valence-electron chi connectivity index (χ1n) is 8.89. The zero-order valence-corrected chi connectivity index (χ0v) is 16.2. The normalized spacial score (nSPS) is 18.8. The van der Waals surface area contributed by atoms with Crippen molar-refractivity contribution in [1.82, 2.24) is 5.32 Å². The number of allylic oxidation sites excluding steroid dienone is 2. The zero-order valence-electron chi connectivity index (χ0n) is 15.4. The molecule has 2 aromatic rings. The van der Waals surface area contributed by atoms with Gasteiger partial charge in [0.05, 0.1) is 34.4 Å². The number of aliphatic carboxylic acids is 1. The van der Waals surface area contributed by atoms with Crippen molar-refractivity contribution in [2.24, 2.45) is 5.92 Å². The van der Waals surface area contributed by atoms with Crippen molar-refractivity contribution < 1.29 is 19.4 Å². The van der Waals surface area contributed by atoms with E-state index in [9.17, 15) is 25.2 Å². The minimum atomic E-state index is -1.15. The Morgan fingerprint density at radius 3 is 2.59 bits per heavy atom. The number of fused-ring (bicyclic) bond motifs is 1. The number of carbonyl (C=O) groups excluding carboxylic acids is 1. The van der Waals surface area contributed by atoms with Crippen LogP contribution < -0.4 is 5.32 Å². The average molecular weight is 405 g/mol. The van der Waals surface area contributed by atoms with Gasteiger partial charge in [0, 0.05) is 5.70 Å². The molecule has 0 radical (unpaired) electrons. The van der Waals surface area contributed by atoms with Gasteiger partial charge < -0.3 is 15.2 Å². The first kappa shape index (κ1) is 18.7. The van der Waals surface area contributed by atoms with E-state index in [1.165, 1.54) is 18.4 Å². The summed E-state index contributed by atoms with van der Waals surface area (Å²) in [6.07, 6.45) is 1.64. The predicted octanol–water partition coefficient (Wildman–Crippen LogP) is 3.16. The highest BCUT2D eigenvalue weighted by Crippen LogP contribution is 2.48. The number of carboxylic acids is 1. The molecular formula is C21H15N3O4S. The Balaban J connectivity index is 2.04. The number of rotatable bonds is 4. The van der Waals surface area contributed by atoms with Gasteiger partial charge in [0.15, 0.2) is 0 Å². The van der Waals surface area contributed by atoms with Gasteiger partial charge in [-0.1, -0.05) is 12.1 Å². The van der Waals surface area contributed by atoms with Crippen LogP contribution in [0, 0.1) is 28.6 Å². The van der Waals surface area contributed by atoms with E-state index in [1.807, 2.05) is 6.07 Å². The second-order valence-electron chi connectivity index (χ2n) is 6.84. The highest BCUT2D eigenvalue weighted by Gasteiger charge is 2.44. The molecule has 1 aliphatic carbocycles. The van der Waals surface area contributed by atoms with E-state index in [1.54, 1.807) is 23.6 Å². The molecule has 1 unspecified atom stereocenters. The summed E-state index contributed by atoms with van der Waals surface area (Å²) < 4.78 is 5.61. The molecule has 1 aromatic heterocycles. The third-order valence-corrected chi connectivity index (χ3v) is 6.24. The molecule has 1 aliphatic heterocycles. The Morgan fingerprint density at radius 2 is 2.00 bits per heavy atom.